The average molecular weight is 421 g/mol. The molecule has 5 nitrogen and oxygen atoms in total. The fraction of sp³-hybridized carbons (Fsp3) is 0.118. The predicted molar refractivity (Wildman–Crippen MR) is 98.4 cm³/mol. The molecule has 0 fully saturated rings. The van der Waals surface area contributed by atoms with Crippen molar-refractivity contribution in [1.29, 1.82) is 0 Å². The maximum atomic E-state index is 13.2. The number of aromatic nitrogens is 3. The molecule has 0 saturated heterocycles. The van der Waals surface area contributed by atoms with E-state index in [0.717, 1.165) is 15.3 Å². The minimum absolute atomic E-state index is 0.180. The summed E-state index contributed by atoms with van der Waals surface area (Å²) in [6, 6.07) is 13.3. The van der Waals surface area contributed by atoms with Gasteiger partial charge in [-0.2, -0.15) is 0 Å². The molecule has 0 bridgehead atoms. The molecular formula is C17H14BrFN4OS. The second-order valence-corrected chi connectivity index (χ2v) is 6.80. The molecule has 0 unspecified atom stereocenters. The Kier molecular flexibility index (Phi) is 5.50. The number of nitrogens with zero attached hydrogens (tertiary/aromatic N) is 3. The summed E-state index contributed by atoms with van der Waals surface area (Å²) in [7, 11) is 0. The summed E-state index contributed by atoms with van der Waals surface area (Å²) in [4.78, 5) is 12.2. The maximum Gasteiger partial charge on any atom is 0.251 e. The maximum absolute atomic E-state index is 13.2. The van der Waals surface area contributed by atoms with Crippen LogP contribution in [-0.4, -0.2) is 26.9 Å². The van der Waals surface area contributed by atoms with Gasteiger partial charge >= 0.3 is 0 Å². The first-order valence-electron chi connectivity index (χ1n) is 7.36. The Morgan fingerprint density at radius 1 is 1.24 bits per heavy atom. The zero-order valence-corrected chi connectivity index (χ0v) is 15.6. The molecule has 0 aliphatic carbocycles. The van der Waals surface area contributed by atoms with E-state index in [1.165, 1.54) is 30.0 Å². The normalized spacial score (nSPS) is 10.7. The molecule has 25 heavy (non-hydrogen) atoms. The quantitative estimate of drug-likeness (QED) is 0.637. The van der Waals surface area contributed by atoms with Crippen LogP contribution in [0.3, 0.4) is 0 Å². The number of benzene rings is 2. The van der Waals surface area contributed by atoms with Crippen molar-refractivity contribution in [3.05, 3.63) is 70.2 Å². The lowest BCUT2D eigenvalue weighted by Gasteiger charge is -2.10. The van der Waals surface area contributed by atoms with Crippen LogP contribution in [0.2, 0.25) is 0 Å². The topological polar surface area (TPSA) is 59.8 Å². The molecule has 1 heterocycles. The van der Waals surface area contributed by atoms with Gasteiger partial charge in [0.25, 0.3) is 5.91 Å². The number of halogens is 2. The molecule has 0 atom stereocenters. The summed E-state index contributed by atoms with van der Waals surface area (Å²) in [5.41, 5.74) is 1.16. The minimum atomic E-state index is -0.449. The van der Waals surface area contributed by atoms with Crippen molar-refractivity contribution >= 4 is 33.6 Å². The molecule has 0 spiro atoms. The molecule has 1 amide bonds. The summed E-state index contributed by atoms with van der Waals surface area (Å²) >= 11 is 4.87. The number of nitrogens with one attached hydrogen (secondary N) is 1. The van der Waals surface area contributed by atoms with Crippen LogP contribution in [-0.2, 0) is 6.54 Å². The van der Waals surface area contributed by atoms with Gasteiger partial charge in [0.2, 0.25) is 0 Å². The summed E-state index contributed by atoms with van der Waals surface area (Å²) in [5, 5.41) is 11.8. The monoisotopic (exact) mass is 420 g/mol. The molecule has 128 valence electrons. The molecule has 0 radical (unpaired) electrons. The summed E-state index contributed by atoms with van der Waals surface area (Å²) in [6.07, 6.45) is 1.91. The molecule has 0 saturated carbocycles. The van der Waals surface area contributed by atoms with E-state index in [4.69, 9.17) is 0 Å². The smallest absolute Gasteiger partial charge is 0.251 e. The van der Waals surface area contributed by atoms with Gasteiger partial charge in [-0.15, -0.1) is 10.2 Å². The average Bonchev–Trinajstić information content (AvgIpc) is 3.03. The van der Waals surface area contributed by atoms with E-state index in [1.807, 2.05) is 35.1 Å². The van der Waals surface area contributed by atoms with Crippen LogP contribution in [0.1, 0.15) is 16.2 Å². The van der Waals surface area contributed by atoms with Crippen LogP contribution in [0, 0.1) is 5.82 Å². The van der Waals surface area contributed by atoms with Crippen molar-refractivity contribution in [2.75, 3.05) is 6.26 Å². The highest BCUT2D eigenvalue weighted by Gasteiger charge is 2.15. The van der Waals surface area contributed by atoms with Gasteiger partial charge in [0.05, 0.1) is 6.54 Å². The summed E-state index contributed by atoms with van der Waals surface area (Å²) < 4.78 is 16.1. The molecule has 1 N–H and O–H groups in total. The zero-order valence-electron chi connectivity index (χ0n) is 13.2. The van der Waals surface area contributed by atoms with Crippen LogP contribution >= 0.6 is 27.7 Å². The number of rotatable bonds is 5. The SMILES string of the molecule is CSc1nnc(CNC(=O)c2cccc(F)c2)n1-c1ccc(Br)cc1. The highest BCUT2D eigenvalue weighted by Crippen LogP contribution is 2.21. The fourth-order valence-electron chi connectivity index (χ4n) is 2.29. The van der Waals surface area contributed by atoms with E-state index in [1.54, 1.807) is 6.07 Å². The molecule has 3 aromatic rings. The first-order chi connectivity index (χ1) is 12.1. The Hall–Kier alpha value is -2.19. The van der Waals surface area contributed by atoms with Gasteiger partial charge in [-0.1, -0.05) is 33.8 Å². The summed E-state index contributed by atoms with van der Waals surface area (Å²) in [6.45, 7) is 0.180. The number of carbonyl (C=O) groups excluding carboxylic acids is 1. The van der Waals surface area contributed by atoms with Crippen LogP contribution in [0.4, 0.5) is 4.39 Å². The van der Waals surface area contributed by atoms with E-state index in [-0.39, 0.29) is 18.0 Å². The molecule has 0 aliphatic heterocycles. The van der Waals surface area contributed by atoms with E-state index in [2.05, 4.69) is 31.4 Å². The van der Waals surface area contributed by atoms with Crippen LogP contribution < -0.4 is 5.32 Å². The van der Waals surface area contributed by atoms with Gasteiger partial charge in [-0.3, -0.25) is 9.36 Å². The van der Waals surface area contributed by atoms with Gasteiger partial charge in [0.15, 0.2) is 11.0 Å². The molecule has 3 rings (SSSR count). The van der Waals surface area contributed by atoms with Gasteiger partial charge in [-0.05, 0) is 48.7 Å². The van der Waals surface area contributed by atoms with Crippen molar-refractivity contribution in [1.82, 2.24) is 20.1 Å². The lowest BCUT2D eigenvalue weighted by Crippen LogP contribution is -2.24. The number of thioether (sulfide) groups is 1. The third-order valence-electron chi connectivity index (χ3n) is 3.46. The van der Waals surface area contributed by atoms with Crippen molar-refractivity contribution < 1.29 is 9.18 Å². The van der Waals surface area contributed by atoms with Crippen molar-refractivity contribution in [3.8, 4) is 5.69 Å². The largest absolute Gasteiger partial charge is 0.345 e. The Morgan fingerprint density at radius 2 is 2.00 bits per heavy atom. The molecule has 8 heteroatoms. The molecule has 1 aromatic heterocycles. The van der Waals surface area contributed by atoms with E-state index in [0.29, 0.717) is 5.82 Å². The first kappa shape index (κ1) is 17.6. The Labute approximate surface area is 156 Å². The third kappa shape index (κ3) is 4.08. The predicted octanol–water partition coefficient (Wildman–Crippen LogP) is 3.82. The number of amides is 1. The highest BCUT2D eigenvalue weighted by atomic mass is 79.9. The van der Waals surface area contributed by atoms with E-state index in [9.17, 15) is 9.18 Å². The molecular weight excluding hydrogens is 407 g/mol. The fourth-order valence-corrected chi connectivity index (χ4v) is 3.07. The first-order valence-corrected chi connectivity index (χ1v) is 9.38. The Morgan fingerprint density at radius 3 is 2.68 bits per heavy atom. The minimum Gasteiger partial charge on any atom is -0.345 e. The summed E-state index contributed by atoms with van der Waals surface area (Å²) in [5.74, 6) is -0.220. The van der Waals surface area contributed by atoms with Gasteiger partial charge in [0.1, 0.15) is 5.82 Å². The lowest BCUT2D eigenvalue weighted by molar-refractivity contribution is 0.0949. The van der Waals surface area contributed by atoms with Gasteiger partial charge < -0.3 is 5.32 Å². The molecule has 2 aromatic carbocycles. The molecule has 0 aliphatic rings. The van der Waals surface area contributed by atoms with Gasteiger partial charge in [-0.25, -0.2) is 4.39 Å². The van der Waals surface area contributed by atoms with Crippen LogP contribution in [0.5, 0.6) is 0 Å². The second-order valence-electron chi connectivity index (χ2n) is 5.11. The number of carbonyl (C=O) groups is 1. The lowest BCUT2D eigenvalue weighted by atomic mass is 10.2. The van der Waals surface area contributed by atoms with E-state index < -0.39 is 5.82 Å². The van der Waals surface area contributed by atoms with Crippen molar-refractivity contribution in [3.63, 3.8) is 0 Å². The highest BCUT2D eigenvalue weighted by molar-refractivity contribution is 9.10. The van der Waals surface area contributed by atoms with Crippen molar-refractivity contribution in [2.45, 2.75) is 11.7 Å². The number of hydrogen-bond acceptors (Lipinski definition) is 4. The second kappa shape index (κ2) is 7.79. The van der Waals surface area contributed by atoms with E-state index >= 15 is 0 Å². The zero-order chi connectivity index (χ0) is 17.8. The number of hydrogen-bond donors (Lipinski definition) is 1. The van der Waals surface area contributed by atoms with Crippen LogP contribution in [0.25, 0.3) is 5.69 Å². The van der Waals surface area contributed by atoms with Gasteiger partial charge in [0, 0.05) is 15.7 Å². The Bertz CT molecular complexity index is 898. The third-order valence-corrected chi connectivity index (χ3v) is 4.62. The Balaban J connectivity index is 1.82. The van der Waals surface area contributed by atoms with Crippen LogP contribution in [0.15, 0.2) is 58.2 Å². The standard InChI is InChI=1S/C17H14BrFN4OS/c1-25-17-22-21-15(23(17)14-7-5-12(18)6-8-14)10-20-16(24)11-3-2-4-13(19)9-11/h2-9H,10H2,1H3,(H,20,24). The van der Waals surface area contributed by atoms with Crippen molar-refractivity contribution in [2.24, 2.45) is 0 Å².